The van der Waals surface area contributed by atoms with E-state index in [-0.39, 0.29) is 23.3 Å². The van der Waals surface area contributed by atoms with Crippen molar-refractivity contribution in [2.75, 3.05) is 23.4 Å². The van der Waals surface area contributed by atoms with E-state index in [1.54, 1.807) is 24.3 Å². The molecule has 1 heterocycles. The van der Waals surface area contributed by atoms with Crippen LogP contribution in [0.1, 0.15) is 10.4 Å². The Morgan fingerprint density at radius 3 is 2.43 bits per heavy atom. The largest absolute Gasteiger partial charge is 0.382 e. The van der Waals surface area contributed by atoms with Crippen molar-refractivity contribution in [2.45, 2.75) is 0 Å². The number of fused-ring (bicyclic) bond motifs is 1. The lowest BCUT2D eigenvalue weighted by Gasteiger charge is -2.11. The van der Waals surface area contributed by atoms with Gasteiger partial charge >= 0.3 is 6.03 Å². The van der Waals surface area contributed by atoms with Crippen LogP contribution in [0, 0.1) is 0 Å². The number of anilines is 3. The summed E-state index contributed by atoms with van der Waals surface area (Å²) in [6.07, 6.45) is 0. The Bertz CT molecular complexity index is 1220. The number of nitrogens with one attached hydrogen (secondary N) is 4. The van der Waals surface area contributed by atoms with E-state index in [1.165, 1.54) is 7.05 Å². The number of hydrogen-bond donors (Lipinski definition) is 5. The first-order valence-electron chi connectivity index (χ1n) is 9.29. The third kappa shape index (κ3) is 3.66. The van der Waals surface area contributed by atoms with E-state index in [0.29, 0.717) is 11.4 Å². The lowest BCUT2D eigenvalue weighted by Crippen LogP contribution is -2.19. The van der Waals surface area contributed by atoms with Crippen LogP contribution in [0.25, 0.3) is 22.0 Å². The number of rotatable bonds is 4. The van der Waals surface area contributed by atoms with Crippen molar-refractivity contribution >= 4 is 39.9 Å². The van der Waals surface area contributed by atoms with Gasteiger partial charge < -0.3 is 21.7 Å². The van der Waals surface area contributed by atoms with E-state index in [0.717, 1.165) is 22.0 Å². The van der Waals surface area contributed by atoms with E-state index in [1.807, 2.05) is 42.5 Å². The Balaban J connectivity index is 1.50. The van der Waals surface area contributed by atoms with Gasteiger partial charge in [-0.1, -0.05) is 48.5 Å². The molecule has 0 saturated heterocycles. The highest BCUT2D eigenvalue weighted by atomic mass is 16.2. The standard InChI is InChI=1S/C22H20N6O2/c1-24-21(29)18-19(27-28-20(18)23)14-9-11-15(12-10-14)25-22(30)26-17-8-4-6-13-5-2-3-7-16(13)17/h2-12H,1H3,(H,24,29)(H3,23,27,28)(H2,25,26,30). The maximum Gasteiger partial charge on any atom is 0.323 e. The molecule has 0 bridgehead atoms. The van der Waals surface area contributed by atoms with Gasteiger partial charge in [0.2, 0.25) is 0 Å². The fraction of sp³-hybridized carbons (Fsp3) is 0.0455. The lowest BCUT2D eigenvalue weighted by atomic mass is 10.1. The second-order valence-corrected chi connectivity index (χ2v) is 6.62. The summed E-state index contributed by atoms with van der Waals surface area (Å²) in [6.45, 7) is 0. The molecule has 0 aliphatic carbocycles. The number of aromatic amines is 1. The van der Waals surface area contributed by atoms with Crippen LogP contribution in [-0.2, 0) is 0 Å². The molecule has 8 nitrogen and oxygen atoms in total. The summed E-state index contributed by atoms with van der Waals surface area (Å²) in [5.74, 6) is -0.200. The topological polar surface area (TPSA) is 125 Å². The first kappa shape index (κ1) is 19.0. The van der Waals surface area contributed by atoms with Gasteiger partial charge in [0.1, 0.15) is 5.56 Å². The number of aromatic nitrogens is 2. The Morgan fingerprint density at radius 1 is 0.933 bits per heavy atom. The van der Waals surface area contributed by atoms with Crippen molar-refractivity contribution in [1.82, 2.24) is 15.5 Å². The van der Waals surface area contributed by atoms with E-state index >= 15 is 0 Å². The van der Waals surface area contributed by atoms with E-state index in [4.69, 9.17) is 5.73 Å². The normalized spacial score (nSPS) is 10.6. The number of nitrogens with two attached hydrogens (primary N) is 1. The number of amides is 3. The summed E-state index contributed by atoms with van der Waals surface area (Å²) < 4.78 is 0. The van der Waals surface area contributed by atoms with Gasteiger partial charge in [-0.25, -0.2) is 4.79 Å². The fourth-order valence-electron chi connectivity index (χ4n) is 3.26. The average molecular weight is 400 g/mol. The van der Waals surface area contributed by atoms with Crippen LogP contribution in [0.15, 0.2) is 66.7 Å². The maximum absolute atomic E-state index is 12.5. The van der Waals surface area contributed by atoms with E-state index < -0.39 is 0 Å². The van der Waals surface area contributed by atoms with Gasteiger partial charge in [0.15, 0.2) is 5.82 Å². The molecule has 0 fully saturated rings. The number of nitrogens with zero attached hydrogens (tertiary/aromatic N) is 1. The second kappa shape index (κ2) is 7.96. The van der Waals surface area contributed by atoms with E-state index in [9.17, 15) is 9.59 Å². The molecule has 0 spiro atoms. The number of urea groups is 1. The summed E-state index contributed by atoms with van der Waals surface area (Å²) in [7, 11) is 1.53. The predicted octanol–water partition coefficient (Wildman–Crippen LogP) is 3.82. The Kier molecular flexibility index (Phi) is 5.04. The van der Waals surface area contributed by atoms with Crippen molar-refractivity contribution in [1.29, 1.82) is 0 Å². The van der Waals surface area contributed by atoms with Gasteiger partial charge in [-0.2, -0.15) is 5.10 Å². The van der Waals surface area contributed by atoms with Crippen LogP contribution in [0.4, 0.5) is 22.0 Å². The highest BCUT2D eigenvalue weighted by Gasteiger charge is 2.18. The van der Waals surface area contributed by atoms with Crippen molar-refractivity contribution in [3.63, 3.8) is 0 Å². The van der Waals surface area contributed by atoms with Crippen LogP contribution in [0.3, 0.4) is 0 Å². The molecule has 4 rings (SSSR count). The van der Waals surface area contributed by atoms with Gasteiger partial charge in [0.25, 0.3) is 5.91 Å². The zero-order chi connectivity index (χ0) is 21.1. The van der Waals surface area contributed by atoms with Crippen molar-refractivity contribution < 1.29 is 9.59 Å². The van der Waals surface area contributed by atoms with Crippen molar-refractivity contribution in [3.05, 3.63) is 72.3 Å². The van der Waals surface area contributed by atoms with Crippen LogP contribution in [0.5, 0.6) is 0 Å². The van der Waals surface area contributed by atoms with Crippen LogP contribution in [-0.4, -0.2) is 29.2 Å². The summed E-state index contributed by atoms with van der Waals surface area (Å²) in [6, 6.07) is 20.2. The molecule has 0 aliphatic heterocycles. The molecule has 8 heteroatoms. The average Bonchev–Trinajstić information content (AvgIpc) is 3.15. The molecular formula is C22H20N6O2. The highest BCUT2D eigenvalue weighted by Crippen LogP contribution is 2.27. The quantitative estimate of drug-likeness (QED) is 0.357. The summed E-state index contributed by atoms with van der Waals surface area (Å²) >= 11 is 0. The predicted molar refractivity (Wildman–Crippen MR) is 118 cm³/mol. The maximum atomic E-state index is 12.5. The number of carbonyl (C=O) groups excluding carboxylic acids is 2. The first-order valence-corrected chi connectivity index (χ1v) is 9.29. The first-order chi connectivity index (χ1) is 14.6. The molecule has 1 aromatic heterocycles. The molecule has 0 aliphatic rings. The molecule has 0 radical (unpaired) electrons. The molecule has 0 atom stereocenters. The Morgan fingerprint density at radius 2 is 1.67 bits per heavy atom. The van der Waals surface area contributed by atoms with Gasteiger partial charge in [0.05, 0.1) is 11.4 Å². The molecule has 150 valence electrons. The number of hydrogen-bond acceptors (Lipinski definition) is 4. The molecule has 6 N–H and O–H groups in total. The number of benzene rings is 3. The summed E-state index contributed by atoms with van der Waals surface area (Å²) in [4.78, 5) is 24.5. The molecule has 3 aromatic carbocycles. The van der Waals surface area contributed by atoms with Crippen molar-refractivity contribution in [2.24, 2.45) is 0 Å². The number of nitrogen functional groups attached to an aromatic ring is 1. The zero-order valence-corrected chi connectivity index (χ0v) is 16.2. The lowest BCUT2D eigenvalue weighted by molar-refractivity contribution is 0.0964. The molecule has 4 aromatic rings. The van der Waals surface area contributed by atoms with Gasteiger partial charge in [-0.3, -0.25) is 9.89 Å². The second-order valence-electron chi connectivity index (χ2n) is 6.62. The van der Waals surface area contributed by atoms with E-state index in [2.05, 4.69) is 26.1 Å². The van der Waals surface area contributed by atoms with Gasteiger partial charge in [0, 0.05) is 23.7 Å². The number of carbonyl (C=O) groups is 2. The van der Waals surface area contributed by atoms with Crippen LogP contribution >= 0.6 is 0 Å². The minimum atomic E-state index is -0.351. The minimum Gasteiger partial charge on any atom is -0.382 e. The Labute approximate surface area is 172 Å². The molecule has 3 amide bonds. The highest BCUT2D eigenvalue weighted by molar-refractivity contribution is 6.06. The third-order valence-corrected chi connectivity index (χ3v) is 4.72. The summed E-state index contributed by atoms with van der Waals surface area (Å²) in [5, 5.41) is 16.9. The minimum absolute atomic E-state index is 0.126. The zero-order valence-electron chi connectivity index (χ0n) is 16.2. The van der Waals surface area contributed by atoms with Gasteiger partial charge in [-0.15, -0.1) is 0 Å². The number of H-pyrrole nitrogens is 1. The molecule has 0 unspecified atom stereocenters. The molecule has 30 heavy (non-hydrogen) atoms. The fourth-order valence-corrected chi connectivity index (χ4v) is 3.26. The van der Waals surface area contributed by atoms with Crippen LogP contribution < -0.4 is 21.7 Å². The SMILES string of the molecule is CNC(=O)c1c(N)n[nH]c1-c1ccc(NC(=O)Nc2cccc3ccccc23)cc1. The smallest absolute Gasteiger partial charge is 0.323 e. The monoisotopic (exact) mass is 400 g/mol. The third-order valence-electron chi connectivity index (χ3n) is 4.72. The molecular weight excluding hydrogens is 380 g/mol. The Hall–Kier alpha value is -4.33. The van der Waals surface area contributed by atoms with Gasteiger partial charge in [-0.05, 0) is 23.6 Å². The molecule has 0 saturated carbocycles. The van der Waals surface area contributed by atoms with Crippen molar-refractivity contribution in [3.8, 4) is 11.3 Å². The van der Waals surface area contributed by atoms with Crippen LogP contribution in [0.2, 0.25) is 0 Å². The summed E-state index contributed by atoms with van der Waals surface area (Å²) in [5.41, 5.74) is 8.64.